The third kappa shape index (κ3) is 5.25. The standard InChI is InChI=1S/C23H22FN3O2/c1-23(2,3)15-7-11-17(12-8-15)25-21(28)19-5-4-6-20(27-19)22(29)26-18-13-9-16(24)10-14-18/h4-14H,1-3H3,(H,25,28)(H,26,29). The second kappa shape index (κ2) is 8.22. The summed E-state index contributed by atoms with van der Waals surface area (Å²) >= 11 is 0. The maximum Gasteiger partial charge on any atom is 0.274 e. The second-order valence-corrected chi connectivity index (χ2v) is 7.65. The molecule has 0 aliphatic rings. The van der Waals surface area contributed by atoms with Crippen molar-refractivity contribution in [1.29, 1.82) is 0 Å². The number of hydrogen-bond acceptors (Lipinski definition) is 3. The van der Waals surface area contributed by atoms with Crippen LogP contribution in [0.2, 0.25) is 0 Å². The van der Waals surface area contributed by atoms with Crippen LogP contribution in [0.15, 0.2) is 66.7 Å². The van der Waals surface area contributed by atoms with Gasteiger partial charge < -0.3 is 10.6 Å². The second-order valence-electron chi connectivity index (χ2n) is 7.65. The predicted octanol–water partition coefficient (Wildman–Crippen LogP) is 5.02. The number of nitrogens with zero attached hydrogens (tertiary/aromatic N) is 1. The number of nitrogens with one attached hydrogen (secondary N) is 2. The monoisotopic (exact) mass is 391 g/mol. The Morgan fingerprint density at radius 2 is 1.21 bits per heavy atom. The van der Waals surface area contributed by atoms with Crippen LogP contribution in [0.25, 0.3) is 0 Å². The van der Waals surface area contributed by atoms with E-state index in [1.54, 1.807) is 6.07 Å². The van der Waals surface area contributed by atoms with E-state index in [1.807, 2.05) is 24.3 Å². The lowest BCUT2D eigenvalue weighted by molar-refractivity contribution is 0.101. The van der Waals surface area contributed by atoms with E-state index in [0.29, 0.717) is 11.4 Å². The minimum Gasteiger partial charge on any atom is -0.321 e. The third-order valence-electron chi connectivity index (χ3n) is 4.33. The molecule has 3 aromatic rings. The Balaban J connectivity index is 1.70. The maximum absolute atomic E-state index is 13.0. The van der Waals surface area contributed by atoms with Crippen LogP contribution in [0.4, 0.5) is 15.8 Å². The number of halogens is 1. The zero-order valence-corrected chi connectivity index (χ0v) is 16.5. The van der Waals surface area contributed by atoms with Crippen molar-refractivity contribution in [3.63, 3.8) is 0 Å². The average molecular weight is 391 g/mol. The molecule has 29 heavy (non-hydrogen) atoms. The Bertz CT molecular complexity index is 1020. The molecule has 1 heterocycles. The van der Waals surface area contributed by atoms with E-state index >= 15 is 0 Å². The van der Waals surface area contributed by atoms with E-state index in [2.05, 4.69) is 36.4 Å². The highest BCUT2D eigenvalue weighted by atomic mass is 19.1. The van der Waals surface area contributed by atoms with Crippen LogP contribution >= 0.6 is 0 Å². The summed E-state index contributed by atoms with van der Waals surface area (Å²) in [5.74, 6) is -1.29. The number of aromatic nitrogens is 1. The topological polar surface area (TPSA) is 71.1 Å². The summed E-state index contributed by atoms with van der Waals surface area (Å²) in [6.07, 6.45) is 0. The van der Waals surface area contributed by atoms with Crippen LogP contribution in [0.5, 0.6) is 0 Å². The Morgan fingerprint density at radius 1 is 0.759 bits per heavy atom. The number of amides is 2. The minimum atomic E-state index is -0.485. The summed E-state index contributed by atoms with van der Waals surface area (Å²) in [7, 11) is 0. The molecule has 0 radical (unpaired) electrons. The third-order valence-corrected chi connectivity index (χ3v) is 4.33. The molecule has 148 valence electrons. The summed E-state index contributed by atoms with van der Waals surface area (Å²) in [6.45, 7) is 6.35. The van der Waals surface area contributed by atoms with Crippen LogP contribution in [-0.2, 0) is 5.41 Å². The number of benzene rings is 2. The fourth-order valence-corrected chi connectivity index (χ4v) is 2.66. The molecule has 0 unspecified atom stereocenters. The number of rotatable bonds is 4. The molecule has 0 aliphatic heterocycles. The SMILES string of the molecule is CC(C)(C)c1ccc(NC(=O)c2cccc(C(=O)Nc3ccc(F)cc3)n2)cc1. The largest absolute Gasteiger partial charge is 0.321 e. The molecule has 0 atom stereocenters. The van der Waals surface area contributed by atoms with Crippen molar-refractivity contribution in [2.45, 2.75) is 26.2 Å². The Labute approximate surface area is 169 Å². The van der Waals surface area contributed by atoms with Gasteiger partial charge >= 0.3 is 0 Å². The van der Waals surface area contributed by atoms with Crippen molar-refractivity contribution < 1.29 is 14.0 Å². The number of anilines is 2. The molecule has 0 saturated carbocycles. The molecule has 0 fully saturated rings. The van der Waals surface area contributed by atoms with E-state index in [9.17, 15) is 14.0 Å². The zero-order chi connectivity index (χ0) is 21.0. The highest BCUT2D eigenvalue weighted by molar-refractivity contribution is 6.06. The molecule has 1 aromatic heterocycles. The molecular weight excluding hydrogens is 369 g/mol. The molecule has 6 heteroatoms. The van der Waals surface area contributed by atoms with E-state index in [-0.39, 0.29) is 16.8 Å². The van der Waals surface area contributed by atoms with Crippen LogP contribution in [0, 0.1) is 5.82 Å². The van der Waals surface area contributed by atoms with Crippen molar-refractivity contribution in [3.05, 3.63) is 89.5 Å². The van der Waals surface area contributed by atoms with Gasteiger partial charge in [0, 0.05) is 11.4 Å². The first kappa shape index (κ1) is 20.2. The zero-order valence-electron chi connectivity index (χ0n) is 16.5. The van der Waals surface area contributed by atoms with Crippen molar-refractivity contribution in [2.24, 2.45) is 0 Å². The van der Waals surface area contributed by atoms with Gasteiger partial charge in [0.1, 0.15) is 17.2 Å². The van der Waals surface area contributed by atoms with Gasteiger partial charge in [-0.05, 0) is 59.5 Å². The van der Waals surface area contributed by atoms with Gasteiger partial charge in [-0.3, -0.25) is 9.59 Å². The average Bonchev–Trinajstić information content (AvgIpc) is 2.69. The molecule has 3 rings (SSSR count). The first-order valence-electron chi connectivity index (χ1n) is 9.18. The van der Waals surface area contributed by atoms with E-state index in [4.69, 9.17) is 0 Å². The smallest absolute Gasteiger partial charge is 0.274 e. The number of carbonyl (C=O) groups excluding carboxylic acids is 2. The molecule has 0 spiro atoms. The number of pyridine rings is 1. The van der Waals surface area contributed by atoms with Gasteiger partial charge in [-0.25, -0.2) is 9.37 Å². The summed E-state index contributed by atoms with van der Waals surface area (Å²) < 4.78 is 13.0. The van der Waals surface area contributed by atoms with Crippen molar-refractivity contribution in [1.82, 2.24) is 4.98 Å². The lowest BCUT2D eigenvalue weighted by Gasteiger charge is -2.19. The fourth-order valence-electron chi connectivity index (χ4n) is 2.66. The Kier molecular flexibility index (Phi) is 5.73. The van der Waals surface area contributed by atoms with Crippen LogP contribution in [-0.4, -0.2) is 16.8 Å². The molecular formula is C23H22FN3O2. The van der Waals surface area contributed by atoms with Gasteiger partial charge in [0.05, 0.1) is 0 Å². The number of carbonyl (C=O) groups is 2. The highest BCUT2D eigenvalue weighted by Gasteiger charge is 2.15. The van der Waals surface area contributed by atoms with Gasteiger partial charge in [-0.15, -0.1) is 0 Å². The summed E-state index contributed by atoms with van der Waals surface area (Å²) in [4.78, 5) is 29.0. The molecule has 0 aliphatic carbocycles. The minimum absolute atomic E-state index is 0.0241. The van der Waals surface area contributed by atoms with E-state index in [1.165, 1.54) is 36.4 Å². The first-order valence-corrected chi connectivity index (χ1v) is 9.18. The van der Waals surface area contributed by atoms with Gasteiger partial charge in [-0.1, -0.05) is 39.0 Å². The van der Waals surface area contributed by atoms with Crippen molar-refractivity contribution in [3.8, 4) is 0 Å². The quantitative estimate of drug-likeness (QED) is 0.656. The molecule has 2 amide bonds. The van der Waals surface area contributed by atoms with Gasteiger partial charge in [0.15, 0.2) is 0 Å². The molecule has 2 aromatic carbocycles. The van der Waals surface area contributed by atoms with Crippen LogP contribution < -0.4 is 10.6 Å². The Morgan fingerprint density at radius 3 is 1.66 bits per heavy atom. The van der Waals surface area contributed by atoms with E-state index < -0.39 is 17.6 Å². The van der Waals surface area contributed by atoms with E-state index in [0.717, 1.165) is 5.56 Å². The summed E-state index contributed by atoms with van der Waals surface area (Å²) in [6, 6.07) is 17.6. The predicted molar refractivity (Wildman–Crippen MR) is 112 cm³/mol. The summed E-state index contributed by atoms with van der Waals surface area (Å²) in [5, 5.41) is 5.41. The summed E-state index contributed by atoms with van der Waals surface area (Å²) in [5.41, 5.74) is 2.48. The van der Waals surface area contributed by atoms with Crippen molar-refractivity contribution >= 4 is 23.2 Å². The van der Waals surface area contributed by atoms with Gasteiger partial charge in [-0.2, -0.15) is 0 Å². The molecule has 5 nitrogen and oxygen atoms in total. The highest BCUT2D eigenvalue weighted by Crippen LogP contribution is 2.23. The van der Waals surface area contributed by atoms with Gasteiger partial charge in [0.25, 0.3) is 11.8 Å². The van der Waals surface area contributed by atoms with Crippen LogP contribution in [0.3, 0.4) is 0 Å². The molecule has 2 N–H and O–H groups in total. The van der Waals surface area contributed by atoms with Crippen molar-refractivity contribution in [2.75, 3.05) is 10.6 Å². The number of hydrogen-bond donors (Lipinski definition) is 2. The fraction of sp³-hybridized carbons (Fsp3) is 0.174. The maximum atomic E-state index is 13.0. The van der Waals surface area contributed by atoms with Gasteiger partial charge in [0.2, 0.25) is 0 Å². The Hall–Kier alpha value is -3.54. The normalized spacial score (nSPS) is 11.0. The first-order chi connectivity index (χ1) is 13.7. The molecule has 0 saturated heterocycles. The lowest BCUT2D eigenvalue weighted by atomic mass is 9.87. The van der Waals surface area contributed by atoms with Crippen LogP contribution in [0.1, 0.15) is 47.3 Å². The molecule has 0 bridgehead atoms. The lowest BCUT2D eigenvalue weighted by Crippen LogP contribution is -2.18.